The smallest absolute Gasteiger partial charge is 0.339 e. The molecule has 0 aromatic heterocycles. The van der Waals surface area contributed by atoms with Gasteiger partial charge in [0.15, 0.2) is 11.5 Å². The topological polar surface area (TPSA) is 202 Å². The molecule has 2 aromatic rings. The molecule has 4 rings (SSSR count). The molecule has 0 bridgehead atoms. The van der Waals surface area contributed by atoms with E-state index in [-0.39, 0.29) is 88.3 Å². The van der Waals surface area contributed by atoms with Gasteiger partial charge in [0.05, 0.1) is 71.1 Å². The van der Waals surface area contributed by atoms with Crippen molar-refractivity contribution in [2.75, 3.05) is 61.0 Å². The number of esters is 2. The van der Waals surface area contributed by atoms with Crippen LogP contribution < -0.4 is 14.2 Å². The molecule has 0 amide bonds. The minimum atomic E-state index is -0.904. The summed E-state index contributed by atoms with van der Waals surface area (Å²) >= 11 is 0. The highest BCUT2D eigenvalue weighted by Crippen LogP contribution is 2.43. The van der Waals surface area contributed by atoms with Crippen molar-refractivity contribution in [1.29, 1.82) is 0 Å². The number of aliphatic hydroxyl groups is 6. The third-order valence-corrected chi connectivity index (χ3v) is 11.3. The van der Waals surface area contributed by atoms with Crippen molar-refractivity contribution < 1.29 is 63.9 Å². The number of hydrogen-bond donors (Lipinski definition) is 6. The van der Waals surface area contributed by atoms with E-state index in [0.29, 0.717) is 54.1 Å². The molecule has 2 aromatic carbocycles. The summed E-state index contributed by atoms with van der Waals surface area (Å²) in [6.07, 6.45) is 4.20. The van der Waals surface area contributed by atoms with Crippen LogP contribution in [-0.2, 0) is 19.1 Å². The van der Waals surface area contributed by atoms with Crippen molar-refractivity contribution in [3.8, 4) is 17.2 Å². The maximum atomic E-state index is 14.2. The van der Waals surface area contributed by atoms with E-state index in [1.807, 2.05) is 0 Å². The fourth-order valence-corrected chi connectivity index (χ4v) is 7.55. The average molecular weight is 757 g/mol. The van der Waals surface area contributed by atoms with Crippen LogP contribution in [-0.4, -0.2) is 116 Å². The number of methoxy groups -OCH3 is 3. The molecule has 0 spiro atoms. The number of aliphatic hydroxyl groups excluding tert-OH is 6. The minimum absolute atomic E-state index is 0.0599. The first kappa shape index (κ1) is 42.8. The Morgan fingerprint density at radius 3 is 1.54 bits per heavy atom. The number of ether oxygens (including phenoxy) is 5. The Bertz CT molecular complexity index is 1590. The molecule has 0 heterocycles. The van der Waals surface area contributed by atoms with Crippen molar-refractivity contribution in [2.45, 2.75) is 63.6 Å². The van der Waals surface area contributed by atoms with Gasteiger partial charge in [0, 0.05) is 24.0 Å². The van der Waals surface area contributed by atoms with Gasteiger partial charge in [0.1, 0.15) is 5.75 Å². The first-order valence-electron chi connectivity index (χ1n) is 18.4. The zero-order valence-corrected chi connectivity index (χ0v) is 31.4. The Labute approximate surface area is 316 Å². The zero-order chi connectivity index (χ0) is 39.3. The summed E-state index contributed by atoms with van der Waals surface area (Å²) < 4.78 is 27.9. The summed E-state index contributed by atoms with van der Waals surface area (Å²) in [6, 6.07) is 11.9. The highest BCUT2D eigenvalue weighted by atomic mass is 16.5. The first-order valence-corrected chi connectivity index (χ1v) is 18.4. The predicted octanol–water partition coefficient (Wildman–Crippen LogP) is 3.31. The van der Waals surface area contributed by atoms with Crippen LogP contribution in [0.5, 0.6) is 17.2 Å². The molecular weight excluding hydrogens is 700 g/mol. The third-order valence-electron chi connectivity index (χ3n) is 11.3. The molecule has 2 fully saturated rings. The standard InChI is InChI=1S/C41H56O13/c1-50-31-7-4-27(5-8-31)18-32(38(48)53-23-29-10-12-40(25-44,14-16-42)36(46)21-29)33(19-28-6-9-34(51-2)35(20-28)52-3)39(49)54-24-30-11-13-41(26-45,15-17-43)37(47)22-30/h4-9,18-20,29-30,36-37,42-47H,10-17,21-26H2,1-3H3/b32-18+,33-19+/t29-,30-,36-,37-,40+,41+/m0/s1. The number of benzene rings is 2. The van der Waals surface area contributed by atoms with Gasteiger partial charge < -0.3 is 54.3 Å². The summed E-state index contributed by atoms with van der Waals surface area (Å²) in [5.74, 6) is -0.638. The van der Waals surface area contributed by atoms with E-state index >= 15 is 0 Å². The zero-order valence-electron chi connectivity index (χ0n) is 31.4. The normalized spacial score (nSPS) is 26.2. The van der Waals surface area contributed by atoms with Crippen LogP contribution in [0.3, 0.4) is 0 Å². The van der Waals surface area contributed by atoms with Crippen LogP contribution in [0.2, 0.25) is 0 Å². The molecule has 13 heteroatoms. The van der Waals surface area contributed by atoms with Gasteiger partial charge in [-0.05, 0) is 111 Å². The van der Waals surface area contributed by atoms with Crippen LogP contribution in [0.15, 0.2) is 53.6 Å². The van der Waals surface area contributed by atoms with Crippen LogP contribution in [0.4, 0.5) is 0 Å². The molecule has 2 aliphatic rings. The highest BCUT2D eigenvalue weighted by molar-refractivity contribution is 6.12. The second-order valence-corrected chi connectivity index (χ2v) is 14.5. The Morgan fingerprint density at radius 2 is 1.13 bits per heavy atom. The van der Waals surface area contributed by atoms with Crippen LogP contribution in [0.1, 0.15) is 62.5 Å². The molecule has 0 unspecified atom stereocenters. The number of carbonyl (C=O) groups is 2. The Kier molecular flexibility index (Phi) is 15.9. The Balaban J connectivity index is 1.67. The van der Waals surface area contributed by atoms with E-state index in [9.17, 15) is 40.2 Å². The predicted molar refractivity (Wildman–Crippen MR) is 200 cm³/mol. The molecular formula is C41H56O13. The van der Waals surface area contributed by atoms with E-state index in [1.54, 1.807) is 42.5 Å². The lowest BCUT2D eigenvalue weighted by Crippen LogP contribution is -2.45. The van der Waals surface area contributed by atoms with E-state index < -0.39 is 35.0 Å². The molecule has 6 atom stereocenters. The van der Waals surface area contributed by atoms with Gasteiger partial charge in [-0.2, -0.15) is 0 Å². The van der Waals surface area contributed by atoms with Crippen molar-refractivity contribution in [2.24, 2.45) is 22.7 Å². The third kappa shape index (κ3) is 10.4. The maximum absolute atomic E-state index is 14.2. The first-order chi connectivity index (χ1) is 26.0. The van der Waals surface area contributed by atoms with E-state index in [0.717, 1.165) is 0 Å². The number of rotatable bonds is 18. The lowest BCUT2D eigenvalue weighted by molar-refractivity contribution is -0.146. The summed E-state index contributed by atoms with van der Waals surface area (Å²) in [6.45, 7) is -1.01. The molecule has 13 nitrogen and oxygen atoms in total. The SMILES string of the molecule is COc1ccc(/C=C(C(=O)OC[C@H]2CC[C@](CO)(CCO)[C@@H](O)C2)\C(=C/c2ccc(OC)c(OC)c2)C(=O)OC[C@H]2CC[C@](CO)(CCO)[C@@H](O)C2)cc1. The van der Waals surface area contributed by atoms with Crippen molar-refractivity contribution in [3.63, 3.8) is 0 Å². The second-order valence-electron chi connectivity index (χ2n) is 14.5. The fourth-order valence-electron chi connectivity index (χ4n) is 7.55. The molecule has 0 radical (unpaired) electrons. The maximum Gasteiger partial charge on any atom is 0.339 e. The van der Waals surface area contributed by atoms with Gasteiger partial charge in [0.25, 0.3) is 0 Å². The summed E-state index contributed by atoms with van der Waals surface area (Å²) in [4.78, 5) is 28.3. The largest absolute Gasteiger partial charge is 0.497 e. The molecule has 2 aliphatic carbocycles. The van der Waals surface area contributed by atoms with Crippen molar-refractivity contribution in [1.82, 2.24) is 0 Å². The van der Waals surface area contributed by atoms with E-state index in [1.165, 1.54) is 33.5 Å². The van der Waals surface area contributed by atoms with Gasteiger partial charge in [-0.15, -0.1) is 0 Å². The molecule has 2 saturated carbocycles. The number of carbonyl (C=O) groups excluding carboxylic acids is 2. The second kappa shape index (κ2) is 20.1. The average Bonchev–Trinajstić information content (AvgIpc) is 3.19. The van der Waals surface area contributed by atoms with Gasteiger partial charge in [-0.25, -0.2) is 9.59 Å². The lowest BCUT2D eigenvalue weighted by atomic mass is 9.67. The quantitative estimate of drug-likeness (QED) is 0.0736. The Hall–Kier alpha value is -3.98. The minimum Gasteiger partial charge on any atom is -0.497 e. The van der Waals surface area contributed by atoms with Gasteiger partial charge >= 0.3 is 11.9 Å². The monoisotopic (exact) mass is 756 g/mol. The van der Waals surface area contributed by atoms with Crippen molar-refractivity contribution in [3.05, 3.63) is 64.7 Å². The van der Waals surface area contributed by atoms with Crippen molar-refractivity contribution >= 4 is 24.1 Å². The molecule has 298 valence electrons. The summed E-state index contributed by atoms with van der Waals surface area (Å²) in [7, 11) is 4.51. The highest BCUT2D eigenvalue weighted by Gasteiger charge is 2.43. The molecule has 6 N–H and O–H groups in total. The fraction of sp³-hybridized carbons (Fsp3) is 0.561. The summed E-state index contributed by atoms with van der Waals surface area (Å²) in [5, 5.41) is 61.0. The molecule has 54 heavy (non-hydrogen) atoms. The van der Waals surface area contributed by atoms with Gasteiger partial charge in [-0.1, -0.05) is 18.2 Å². The van der Waals surface area contributed by atoms with Gasteiger partial charge in [-0.3, -0.25) is 0 Å². The van der Waals surface area contributed by atoms with Crippen LogP contribution >= 0.6 is 0 Å². The van der Waals surface area contributed by atoms with E-state index in [4.69, 9.17) is 23.7 Å². The van der Waals surface area contributed by atoms with Crippen LogP contribution in [0, 0.1) is 22.7 Å². The van der Waals surface area contributed by atoms with Crippen LogP contribution in [0.25, 0.3) is 12.2 Å². The van der Waals surface area contributed by atoms with E-state index in [2.05, 4.69) is 0 Å². The number of hydrogen-bond acceptors (Lipinski definition) is 13. The van der Waals surface area contributed by atoms with Gasteiger partial charge in [0.2, 0.25) is 0 Å². The Morgan fingerprint density at radius 1 is 0.667 bits per heavy atom. The molecule has 0 aliphatic heterocycles. The lowest BCUT2D eigenvalue weighted by Gasteiger charge is -2.42. The molecule has 0 saturated heterocycles. The summed E-state index contributed by atoms with van der Waals surface area (Å²) in [5.41, 5.74) is -0.766.